The van der Waals surface area contributed by atoms with Crippen LogP contribution in [0.3, 0.4) is 0 Å². The van der Waals surface area contributed by atoms with Gasteiger partial charge in [0.25, 0.3) is 0 Å². The summed E-state index contributed by atoms with van der Waals surface area (Å²) >= 11 is 0. The van der Waals surface area contributed by atoms with Crippen LogP contribution < -0.4 is 0 Å². The highest BCUT2D eigenvalue weighted by atomic mass is 19.4. The number of hydrogen-bond acceptors (Lipinski definition) is 6. The molecule has 4 aliphatic rings. The van der Waals surface area contributed by atoms with Crippen LogP contribution in [0.15, 0.2) is 12.2 Å². The minimum atomic E-state index is -6.12. The van der Waals surface area contributed by atoms with E-state index in [1.165, 1.54) is 6.08 Å². The molecule has 0 aromatic carbocycles. The van der Waals surface area contributed by atoms with Crippen molar-refractivity contribution in [3.63, 3.8) is 0 Å². The molecule has 6 N–H and O–H groups in total. The first kappa shape index (κ1) is 39.4. The number of fused-ring (bicyclic) bond motifs is 2. The van der Waals surface area contributed by atoms with Crippen molar-refractivity contribution in [1.82, 2.24) is 0 Å². The Morgan fingerprint density at radius 2 is 1.02 bits per heavy atom. The number of rotatable bonds is 14. The Balaban J connectivity index is 0.000000397. The fraction of sp³-hybridized carbons (Fsp3) is 0.917. The Hall–Kier alpha value is -1.57. The SMILES string of the molecule is [2H]C([2H])([2H])C(O)(CCC[C@](C)(C/C=C\C(C)(O)C(F)(F)F)[C@H]1CCC2[C@@H](O)CCC[C@@]21C)C([2H])([2H])[2H].[2H]C([2H])([2H])C(O)(CCC[C@](C)(CC#CC(O)(C(F)(F)F)C(F)(F)F)[C@H]1CCC2[C@@H](O)CCC[C@@]21C)C([2H])([2H])[2H]. The standard InChI is InChI=1S/C24H36F6O3.C24H41F3O3/c1-19(2,32)11-6-12-20(3,13-7-15-22(33,23(25,26)27)24(28,29)30)18-10-9-16-17(31)8-5-14-21(16,18)4;1-20(2,29)12-7-13-21(3,14-8-16-23(5,30)24(25,26)27)19-11-10-17-18(28)9-6-15-22(17,19)4/h16-18,31-33H,5-6,8-14H2,1-4H3;8,16-19,28-30H,6-7,9-15H2,1-5H3/b;16-8-/t16?,17-,18+,20+,21-;17?,18-,19+,21+,22-,23?/m00/s1/i2*1D3,2D3. The third-order valence-electron chi connectivity index (χ3n) is 15.6. The topological polar surface area (TPSA) is 121 Å². The monoisotopic (exact) mass is 933 g/mol. The summed E-state index contributed by atoms with van der Waals surface area (Å²) in [6, 6.07) is 0. The molecule has 63 heavy (non-hydrogen) atoms. The second-order valence-electron chi connectivity index (χ2n) is 20.6. The molecule has 11 atom stereocenters. The second-order valence-corrected chi connectivity index (χ2v) is 20.6. The molecule has 0 aromatic heterocycles. The molecule has 15 heteroatoms. The lowest BCUT2D eigenvalue weighted by atomic mass is 9.56. The van der Waals surface area contributed by atoms with Crippen LogP contribution in [0.1, 0.15) is 194 Å². The van der Waals surface area contributed by atoms with E-state index < -0.39 is 116 Å². The predicted octanol–water partition coefficient (Wildman–Crippen LogP) is 11.5. The first-order valence-corrected chi connectivity index (χ1v) is 21.9. The number of aliphatic hydroxyl groups excluding tert-OH is 2. The zero-order valence-electron chi connectivity index (χ0n) is 48.9. The largest absolute Gasteiger partial charge is 0.438 e. The van der Waals surface area contributed by atoms with Crippen molar-refractivity contribution in [2.45, 2.75) is 231 Å². The molecule has 3 unspecified atom stereocenters. The molecule has 368 valence electrons. The van der Waals surface area contributed by atoms with Crippen molar-refractivity contribution < 1.29 is 86.6 Å². The number of alkyl halides is 9. The molecule has 4 aliphatic carbocycles. The summed E-state index contributed by atoms with van der Waals surface area (Å²) < 4.78 is 209. The van der Waals surface area contributed by atoms with Gasteiger partial charge in [0.2, 0.25) is 0 Å². The maximum atomic E-state index is 13.2. The van der Waals surface area contributed by atoms with Crippen molar-refractivity contribution in [3.8, 4) is 11.8 Å². The van der Waals surface area contributed by atoms with Crippen molar-refractivity contribution in [2.75, 3.05) is 0 Å². The van der Waals surface area contributed by atoms with Gasteiger partial charge in [0.1, 0.15) is 0 Å². The van der Waals surface area contributed by atoms with Crippen LogP contribution in [-0.2, 0) is 0 Å². The van der Waals surface area contributed by atoms with E-state index in [9.17, 15) is 70.2 Å². The molecule has 0 aromatic rings. The van der Waals surface area contributed by atoms with Gasteiger partial charge in [0.05, 0.1) is 23.4 Å². The zero-order chi connectivity index (χ0) is 58.5. The van der Waals surface area contributed by atoms with Gasteiger partial charge in [-0.15, -0.1) is 0 Å². The van der Waals surface area contributed by atoms with Crippen LogP contribution in [0.5, 0.6) is 0 Å². The molecule has 0 spiro atoms. The van der Waals surface area contributed by atoms with Crippen molar-refractivity contribution >= 4 is 0 Å². The average molecular weight is 933 g/mol. The molecule has 0 saturated heterocycles. The van der Waals surface area contributed by atoms with Crippen molar-refractivity contribution in [2.24, 2.45) is 45.3 Å². The van der Waals surface area contributed by atoms with E-state index in [0.29, 0.717) is 45.4 Å². The van der Waals surface area contributed by atoms with E-state index >= 15 is 0 Å². The van der Waals surface area contributed by atoms with Crippen LogP contribution >= 0.6 is 0 Å². The van der Waals surface area contributed by atoms with Gasteiger partial charge >= 0.3 is 24.1 Å². The summed E-state index contributed by atoms with van der Waals surface area (Å²) in [7, 11) is 0. The zero-order valence-corrected chi connectivity index (χ0v) is 36.9. The summed E-state index contributed by atoms with van der Waals surface area (Å²) in [5, 5.41) is 61.8. The molecule has 0 radical (unpaired) electrons. The molecule has 4 saturated carbocycles. The van der Waals surface area contributed by atoms with Gasteiger partial charge in [-0.2, -0.15) is 39.5 Å². The van der Waals surface area contributed by atoms with Gasteiger partial charge in [-0.1, -0.05) is 65.4 Å². The van der Waals surface area contributed by atoms with Gasteiger partial charge in [0.15, 0.2) is 5.60 Å². The lowest BCUT2D eigenvalue weighted by molar-refractivity contribution is -0.343. The first-order chi connectivity index (χ1) is 33.3. The van der Waals surface area contributed by atoms with Crippen LogP contribution in [0.4, 0.5) is 39.5 Å². The summed E-state index contributed by atoms with van der Waals surface area (Å²) in [5.74, 6) is 2.34. The average Bonchev–Trinajstić information content (AvgIpc) is 3.77. The minimum absolute atomic E-state index is 0.0287. The van der Waals surface area contributed by atoms with E-state index in [1.807, 2.05) is 19.8 Å². The van der Waals surface area contributed by atoms with E-state index in [4.69, 9.17) is 16.4 Å². The number of aliphatic hydroxyl groups is 6. The Bertz CT molecular complexity index is 1970. The highest BCUT2D eigenvalue weighted by molar-refractivity contribution is 5.22. The van der Waals surface area contributed by atoms with Crippen LogP contribution in [0.25, 0.3) is 0 Å². The highest BCUT2D eigenvalue weighted by Gasteiger charge is 2.70. The third-order valence-corrected chi connectivity index (χ3v) is 15.6. The second kappa shape index (κ2) is 19.6. The van der Waals surface area contributed by atoms with Crippen LogP contribution in [0.2, 0.25) is 0 Å². The predicted molar refractivity (Wildman–Crippen MR) is 225 cm³/mol. The molecule has 4 rings (SSSR count). The maximum Gasteiger partial charge on any atom is 0.438 e. The Labute approximate surface area is 386 Å². The van der Waals surface area contributed by atoms with Crippen LogP contribution in [0, 0.1) is 57.2 Å². The van der Waals surface area contributed by atoms with Gasteiger partial charge in [-0.25, -0.2) is 0 Å². The Morgan fingerprint density at radius 3 is 1.41 bits per heavy atom. The van der Waals surface area contributed by atoms with Gasteiger partial charge in [-0.05, 0) is 175 Å². The minimum Gasteiger partial charge on any atom is -0.393 e. The highest BCUT2D eigenvalue weighted by Crippen LogP contribution is 2.64. The number of halogens is 9. The third kappa shape index (κ3) is 13.1. The Morgan fingerprint density at radius 1 is 0.603 bits per heavy atom. The molecule has 0 amide bonds. The molecule has 6 nitrogen and oxygen atoms in total. The smallest absolute Gasteiger partial charge is 0.393 e. The summed E-state index contributed by atoms with van der Waals surface area (Å²) in [6.45, 7) is -4.74. The van der Waals surface area contributed by atoms with Crippen LogP contribution in [-0.4, -0.2) is 83.8 Å². The number of allylic oxidation sites excluding steroid dienone is 1. The van der Waals surface area contributed by atoms with E-state index in [1.54, 1.807) is 6.92 Å². The lowest BCUT2D eigenvalue weighted by Gasteiger charge is -2.50. The molecule has 0 bridgehead atoms. The van der Waals surface area contributed by atoms with Crippen molar-refractivity contribution in [3.05, 3.63) is 12.2 Å². The molecule has 4 fully saturated rings. The van der Waals surface area contributed by atoms with Gasteiger partial charge in [-0.3, -0.25) is 0 Å². The van der Waals surface area contributed by atoms with E-state index in [0.717, 1.165) is 37.7 Å². The van der Waals surface area contributed by atoms with Crippen molar-refractivity contribution in [1.29, 1.82) is 0 Å². The quantitative estimate of drug-likeness (QED) is 0.0586. The normalized spacial score (nSPS) is 36.3. The molecular formula is C48H77F9O6. The summed E-state index contributed by atoms with van der Waals surface area (Å²) in [4.78, 5) is 0. The summed E-state index contributed by atoms with van der Waals surface area (Å²) in [6.07, 6.45) is -11.2. The fourth-order valence-corrected chi connectivity index (χ4v) is 12.2. The number of hydrogen-bond donors (Lipinski definition) is 6. The molecule has 0 aliphatic heterocycles. The van der Waals surface area contributed by atoms with Gasteiger partial charge in [0, 0.05) is 22.9 Å². The van der Waals surface area contributed by atoms with E-state index in [-0.39, 0.29) is 61.2 Å². The molecule has 0 heterocycles. The maximum absolute atomic E-state index is 13.2. The van der Waals surface area contributed by atoms with Gasteiger partial charge < -0.3 is 30.6 Å². The van der Waals surface area contributed by atoms with E-state index in [2.05, 4.69) is 6.92 Å². The first-order valence-electron chi connectivity index (χ1n) is 27.9. The molecular weight excluding hydrogens is 844 g/mol. The lowest BCUT2D eigenvalue weighted by Crippen LogP contribution is -2.55. The summed E-state index contributed by atoms with van der Waals surface area (Å²) in [5.41, 5.74) is -16.9. The fourth-order valence-electron chi connectivity index (χ4n) is 12.2. The Kier molecular flexibility index (Phi) is 12.2.